The molecule has 29 heavy (non-hydrogen) atoms. The summed E-state index contributed by atoms with van der Waals surface area (Å²) in [5.41, 5.74) is 1.14. The zero-order valence-corrected chi connectivity index (χ0v) is 16.1. The Morgan fingerprint density at radius 1 is 1.24 bits per heavy atom. The van der Waals surface area contributed by atoms with Crippen molar-refractivity contribution in [1.82, 2.24) is 9.47 Å². The first kappa shape index (κ1) is 20.1. The number of aromatic nitrogens is 1. The number of benzene rings is 1. The summed E-state index contributed by atoms with van der Waals surface area (Å²) >= 11 is 0. The van der Waals surface area contributed by atoms with Crippen LogP contribution in [0, 0.1) is 24.2 Å². The summed E-state index contributed by atoms with van der Waals surface area (Å²) in [5, 5.41) is 21.2. The van der Waals surface area contributed by atoms with Gasteiger partial charge in [-0.3, -0.25) is 14.4 Å². The number of nitrogens with zero attached hydrogens (tertiary/aromatic N) is 3. The minimum Gasteiger partial charge on any atom is -0.508 e. The van der Waals surface area contributed by atoms with Gasteiger partial charge in [-0.1, -0.05) is 6.07 Å². The second-order valence-electron chi connectivity index (χ2n) is 7.12. The van der Waals surface area contributed by atoms with Crippen LogP contribution in [-0.4, -0.2) is 39.5 Å². The Labute approximate surface area is 168 Å². The van der Waals surface area contributed by atoms with Crippen molar-refractivity contribution in [1.29, 1.82) is 5.26 Å². The zero-order valence-electron chi connectivity index (χ0n) is 16.1. The van der Waals surface area contributed by atoms with Crippen LogP contribution in [0.4, 0.5) is 5.69 Å². The van der Waals surface area contributed by atoms with E-state index in [0.29, 0.717) is 42.9 Å². The van der Waals surface area contributed by atoms with Gasteiger partial charge >= 0.3 is 0 Å². The maximum Gasteiger partial charge on any atom is 0.254 e. The van der Waals surface area contributed by atoms with Gasteiger partial charge in [0.25, 0.3) is 5.56 Å². The molecule has 2 aromatic rings. The molecule has 1 aliphatic heterocycles. The third kappa shape index (κ3) is 4.82. The summed E-state index contributed by atoms with van der Waals surface area (Å²) < 4.78 is 1.32. The number of hydrogen-bond donors (Lipinski definition) is 2. The van der Waals surface area contributed by atoms with Crippen LogP contribution in [0.3, 0.4) is 0 Å². The van der Waals surface area contributed by atoms with Gasteiger partial charge in [-0.15, -0.1) is 0 Å². The van der Waals surface area contributed by atoms with Crippen LogP contribution in [0.1, 0.15) is 24.1 Å². The molecule has 1 saturated heterocycles. The second kappa shape index (κ2) is 8.61. The average Bonchev–Trinajstić information content (AvgIpc) is 2.70. The number of aromatic hydroxyl groups is 1. The van der Waals surface area contributed by atoms with E-state index in [2.05, 4.69) is 5.32 Å². The molecule has 1 aromatic heterocycles. The third-order valence-electron chi connectivity index (χ3n) is 5.09. The standard InChI is InChI=1S/C21H22N4O4/c1-14-9-18(26)11-19(27)25(14)13-20(28)24-7-5-16(6-8-24)21(29)23-17-4-2-3-15(10-17)12-22/h2-4,9-11,16,26H,5-8,13H2,1H3,(H,23,29). The second-order valence-corrected chi connectivity index (χ2v) is 7.12. The Hall–Kier alpha value is -3.60. The molecule has 1 aromatic carbocycles. The topological polar surface area (TPSA) is 115 Å². The molecule has 1 aliphatic rings. The van der Waals surface area contributed by atoms with E-state index < -0.39 is 5.56 Å². The van der Waals surface area contributed by atoms with Crippen molar-refractivity contribution in [2.45, 2.75) is 26.3 Å². The Bertz CT molecular complexity index is 1030. The van der Waals surface area contributed by atoms with E-state index >= 15 is 0 Å². The van der Waals surface area contributed by atoms with Gasteiger partial charge in [0.15, 0.2) is 0 Å². The van der Waals surface area contributed by atoms with E-state index in [0.717, 1.165) is 6.07 Å². The Kier molecular flexibility index (Phi) is 5.98. The summed E-state index contributed by atoms with van der Waals surface area (Å²) in [7, 11) is 0. The monoisotopic (exact) mass is 394 g/mol. The molecule has 2 amide bonds. The number of nitriles is 1. The van der Waals surface area contributed by atoms with E-state index in [4.69, 9.17) is 5.26 Å². The van der Waals surface area contributed by atoms with Gasteiger partial charge in [0, 0.05) is 36.5 Å². The van der Waals surface area contributed by atoms with E-state index in [1.165, 1.54) is 10.6 Å². The van der Waals surface area contributed by atoms with Crippen molar-refractivity contribution >= 4 is 17.5 Å². The summed E-state index contributed by atoms with van der Waals surface area (Å²) in [6.07, 6.45) is 1.05. The average molecular weight is 394 g/mol. The molecule has 3 rings (SSSR count). The van der Waals surface area contributed by atoms with Crippen molar-refractivity contribution in [3.8, 4) is 11.8 Å². The zero-order chi connectivity index (χ0) is 21.0. The van der Waals surface area contributed by atoms with Crippen LogP contribution in [-0.2, 0) is 16.1 Å². The first-order valence-corrected chi connectivity index (χ1v) is 9.36. The number of nitrogens with one attached hydrogen (secondary N) is 1. The number of anilines is 1. The first-order valence-electron chi connectivity index (χ1n) is 9.36. The van der Waals surface area contributed by atoms with Gasteiger partial charge in [0.05, 0.1) is 11.6 Å². The van der Waals surface area contributed by atoms with Gasteiger partial charge in [0.2, 0.25) is 11.8 Å². The Balaban J connectivity index is 1.56. The number of piperidine rings is 1. The molecule has 0 atom stereocenters. The molecule has 0 spiro atoms. The highest BCUT2D eigenvalue weighted by molar-refractivity contribution is 5.93. The lowest BCUT2D eigenvalue weighted by Gasteiger charge is -2.31. The number of likely N-dealkylation sites (tertiary alicyclic amines) is 1. The van der Waals surface area contributed by atoms with Gasteiger partial charge < -0.3 is 19.9 Å². The molecule has 0 aliphatic carbocycles. The number of hydrogen-bond acceptors (Lipinski definition) is 5. The van der Waals surface area contributed by atoms with E-state index in [9.17, 15) is 19.5 Å². The van der Waals surface area contributed by atoms with Crippen LogP contribution in [0.15, 0.2) is 41.2 Å². The molecule has 2 heterocycles. The molecule has 2 N–H and O–H groups in total. The minimum atomic E-state index is -0.426. The molecular weight excluding hydrogens is 372 g/mol. The summed E-state index contributed by atoms with van der Waals surface area (Å²) in [6, 6.07) is 11.3. The maximum absolute atomic E-state index is 12.6. The fourth-order valence-corrected chi connectivity index (χ4v) is 3.45. The first-order chi connectivity index (χ1) is 13.9. The van der Waals surface area contributed by atoms with Crippen LogP contribution in [0.2, 0.25) is 0 Å². The van der Waals surface area contributed by atoms with E-state index in [-0.39, 0.29) is 30.0 Å². The van der Waals surface area contributed by atoms with Gasteiger partial charge in [-0.2, -0.15) is 5.26 Å². The molecule has 0 radical (unpaired) electrons. The lowest BCUT2D eigenvalue weighted by molar-refractivity contribution is -0.135. The maximum atomic E-state index is 12.6. The van der Waals surface area contributed by atoms with Crippen LogP contribution in [0.5, 0.6) is 5.75 Å². The largest absolute Gasteiger partial charge is 0.508 e. The number of rotatable bonds is 4. The molecule has 0 unspecified atom stereocenters. The minimum absolute atomic E-state index is 0.0945. The molecule has 0 saturated carbocycles. The van der Waals surface area contributed by atoms with Crippen molar-refractivity contribution in [2.24, 2.45) is 5.92 Å². The molecular formula is C21H22N4O4. The Morgan fingerprint density at radius 2 is 1.97 bits per heavy atom. The van der Waals surface area contributed by atoms with Crippen molar-refractivity contribution in [3.63, 3.8) is 0 Å². The highest BCUT2D eigenvalue weighted by Gasteiger charge is 2.27. The summed E-state index contributed by atoms with van der Waals surface area (Å²) in [4.78, 5) is 38.7. The molecule has 0 bridgehead atoms. The third-order valence-corrected chi connectivity index (χ3v) is 5.09. The summed E-state index contributed by atoms with van der Waals surface area (Å²) in [5.74, 6) is -0.662. The predicted octanol–water partition coefficient (Wildman–Crippen LogP) is 1.61. The van der Waals surface area contributed by atoms with Gasteiger partial charge in [-0.05, 0) is 44.0 Å². The van der Waals surface area contributed by atoms with E-state index in [1.54, 1.807) is 36.1 Å². The smallest absolute Gasteiger partial charge is 0.254 e. The number of aryl methyl sites for hydroxylation is 1. The molecule has 150 valence electrons. The molecule has 8 heteroatoms. The van der Waals surface area contributed by atoms with Crippen LogP contribution in [0.25, 0.3) is 0 Å². The lowest BCUT2D eigenvalue weighted by atomic mass is 9.95. The van der Waals surface area contributed by atoms with Crippen LogP contribution < -0.4 is 10.9 Å². The van der Waals surface area contributed by atoms with Crippen molar-refractivity contribution in [3.05, 3.63) is 58.0 Å². The van der Waals surface area contributed by atoms with Gasteiger partial charge in [0.1, 0.15) is 12.3 Å². The quantitative estimate of drug-likeness (QED) is 0.817. The molecule has 1 fully saturated rings. The number of amides is 2. The van der Waals surface area contributed by atoms with Gasteiger partial charge in [-0.25, -0.2) is 0 Å². The number of carbonyl (C=O) groups is 2. The fraction of sp³-hybridized carbons (Fsp3) is 0.333. The van der Waals surface area contributed by atoms with Crippen LogP contribution >= 0.6 is 0 Å². The highest BCUT2D eigenvalue weighted by Crippen LogP contribution is 2.20. The van der Waals surface area contributed by atoms with E-state index in [1.807, 2.05) is 6.07 Å². The number of pyridine rings is 1. The fourth-order valence-electron chi connectivity index (χ4n) is 3.45. The predicted molar refractivity (Wildman–Crippen MR) is 106 cm³/mol. The molecule has 8 nitrogen and oxygen atoms in total. The van der Waals surface area contributed by atoms with Crippen molar-refractivity contribution in [2.75, 3.05) is 18.4 Å². The Morgan fingerprint density at radius 3 is 2.62 bits per heavy atom. The number of carbonyl (C=O) groups excluding carboxylic acids is 2. The normalized spacial score (nSPS) is 14.3. The SMILES string of the molecule is Cc1cc(O)cc(=O)n1CC(=O)N1CCC(C(=O)Nc2cccc(C#N)c2)CC1. The summed E-state index contributed by atoms with van der Waals surface area (Å²) in [6.45, 7) is 2.43. The van der Waals surface area contributed by atoms with Crippen molar-refractivity contribution < 1.29 is 14.7 Å². The lowest BCUT2D eigenvalue weighted by Crippen LogP contribution is -2.43. The highest BCUT2D eigenvalue weighted by atomic mass is 16.3.